The van der Waals surface area contributed by atoms with Crippen LogP contribution in [-0.4, -0.2) is 7.05 Å². The van der Waals surface area contributed by atoms with Gasteiger partial charge in [-0.2, -0.15) is 0 Å². The third-order valence-corrected chi connectivity index (χ3v) is 4.75. The van der Waals surface area contributed by atoms with Crippen molar-refractivity contribution in [2.45, 2.75) is 13.0 Å². The van der Waals surface area contributed by atoms with Crippen molar-refractivity contribution in [3.05, 3.63) is 70.4 Å². The molecule has 0 saturated carbocycles. The zero-order valence-corrected chi connectivity index (χ0v) is 12.3. The lowest BCUT2D eigenvalue weighted by Crippen LogP contribution is -2.17. The third kappa shape index (κ3) is 2.35. The van der Waals surface area contributed by atoms with Crippen LogP contribution in [0.2, 0.25) is 0 Å². The maximum absolute atomic E-state index is 13.5. The van der Waals surface area contributed by atoms with Crippen LogP contribution in [0, 0.1) is 12.7 Å². The van der Waals surface area contributed by atoms with Crippen molar-refractivity contribution < 1.29 is 4.39 Å². The van der Waals surface area contributed by atoms with E-state index in [1.54, 1.807) is 17.4 Å². The second-order valence-corrected chi connectivity index (χ2v) is 6.02. The Morgan fingerprint density at radius 2 is 1.90 bits per heavy atom. The van der Waals surface area contributed by atoms with Crippen LogP contribution in [0.3, 0.4) is 0 Å². The van der Waals surface area contributed by atoms with Crippen LogP contribution < -0.4 is 5.32 Å². The summed E-state index contributed by atoms with van der Waals surface area (Å²) in [6.45, 7) is 2.02. The predicted molar refractivity (Wildman–Crippen MR) is 83.9 cm³/mol. The van der Waals surface area contributed by atoms with Gasteiger partial charge in [-0.1, -0.05) is 24.3 Å². The maximum atomic E-state index is 13.5. The van der Waals surface area contributed by atoms with Crippen molar-refractivity contribution in [1.29, 1.82) is 0 Å². The number of aryl methyl sites for hydroxylation is 1. The molecule has 0 aliphatic carbocycles. The van der Waals surface area contributed by atoms with Gasteiger partial charge in [0.05, 0.1) is 6.04 Å². The molecular formula is C17H16FNS. The first-order valence-electron chi connectivity index (χ1n) is 6.61. The first-order valence-corrected chi connectivity index (χ1v) is 7.42. The molecule has 102 valence electrons. The second-order valence-electron chi connectivity index (χ2n) is 4.91. The van der Waals surface area contributed by atoms with Crippen LogP contribution in [0.15, 0.2) is 48.5 Å². The van der Waals surface area contributed by atoms with E-state index >= 15 is 0 Å². The lowest BCUT2D eigenvalue weighted by Gasteiger charge is -2.17. The predicted octanol–water partition coefficient (Wildman–Crippen LogP) is 4.66. The summed E-state index contributed by atoms with van der Waals surface area (Å²) in [5.41, 5.74) is 2.10. The van der Waals surface area contributed by atoms with Crippen LogP contribution in [0.25, 0.3) is 10.1 Å². The molecule has 0 aliphatic rings. The van der Waals surface area contributed by atoms with Crippen molar-refractivity contribution in [2.24, 2.45) is 0 Å². The molecule has 3 aromatic rings. The van der Waals surface area contributed by atoms with Gasteiger partial charge < -0.3 is 5.32 Å². The summed E-state index contributed by atoms with van der Waals surface area (Å²) >= 11 is 1.75. The third-order valence-electron chi connectivity index (χ3n) is 3.57. The van der Waals surface area contributed by atoms with Crippen molar-refractivity contribution in [1.82, 2.24) is 5.32 Å². The van der Waals surface area contributed by atoms with Crippen molar-refractivity contribution in [3.63, 3.8) is 0 Å². The van der Waals surface area contributed by atoms with Crippen molar-refractivity contribution in [2.75, 3.05) is 7.05 Å². The molecule has 20 heavy (non-hydrogen) atoms. The zero-order chi connectivity index (χ0) is 14.1. The molecule has 0 aliphatic heterocycles. The summed E-state index contributed by atoms with van der Waals surface area (Å²) in [4.78, 5) is 1.21. The average Bonchev–Trinajstić information content (AvgIpc) is 2.87. The summed E-state index contributed by atoms with van der Waals surface area (Å²) < 4.78 is 14.8. The van der Waals surface area contributed by atoms with Gasteiger partial charge in [0, 0.05) is 9.58 Å². The summed E-state index contributed by atoms with van der Waals surface area (Å²) in [7, 11) is 1.92. The molecule has 3 heteroatoms. The number of thiophene rings is 1. The fraction of sp³-hybridized carbons (Fsp3) is 0.176. The smallest absolute Gasteiger partial charge is 0.123 e. The van der Waals surface area contributed by atoms with Gasteiger partial charge in [0.1, 0.15) is 5.82 Å². The van der Waals surface area contributed by atoms with Crippen LogP contribution in [0.4, 0.5) is 4.39 Å². The highest BCUT2D eigenvalue weighted by Gasteiger charge is 2.17. The van der Waals surface area contributed by atoms with Gasteiger partial charge in [-0.25, -0.2) is 4.39 Å². The molecule has 3 rings (SSSR count). The number of hydrogen-bond acceptors (Lipinski definition) is 2. The van der Waals surface area contributed by atoms with Crippen LogP contribution in [-0.2, 0) is 0 Å². The van der Waals surface area contributed by atoms with E-state index in [0.717, 1.165) is 11.1 Å². The number of rotatable bonds is 3. The van der Waals surface area contributed by atoms with E-state index in [2.05, 4.69) is 23.5 Å². The topological polar surface area (TPSA) is 12.0 Å². The number of benzene rings is 2. The molecule has 1 nitrogen and oxygen atoms in total. The Morgan fingerprint density at radius 1 is 1.10 bits per heavy atom. The van der Waals surface area contributed by atoms with Gasteiger partial charge in [0.2, 0.25) is 0 Å². The van der Waals surface area contributed by atoms with Gasteiger partial charge in [-0.05, 0) is 54.8 Å². The molecule has 1 aromatic heterocycles. The fourth-order valence-corrected chi connectivity index (χ4v) is 3.71. The first-order chi connectivity index (χ1) is 9.69. The normalized spacial score (nSPS) is 12.8. The Balaban J connectivity index is 2.11. The highest BCUT2D eigenvalue weighted by atomic mass is 32.1. The minimum atomic E-state index is -0.188. The summed E-state index contributed by atoms with van der Waals surface area (Å²) in [6.07, 6.45) is 0. The number of nitrogens with one attached hydrogen (secondary N) is 1. The highest BCUT2D eigenvalue weighted by Crippen LogP contribution is 2.34. The Bertz CT molecular complexity index is 715. The number of hydrogen-bond donors (Lipinski definition) is 1. The van der Waals surface area contributed by atoms with E-state index < -0.39 is 0 Å². The van der Waals surface area contributed by atoms with E-state index in [9.17, 15) is 4.39 Å². The molecule has 0 fully saturated rings. The molecule has 0 saturated heterocycles. The Kier molecular flexibility index (Phi) is 3.55. The quantitative estimate of drug-likeness (QED) is 0.738. The lowest BCUT2D eigenvalue weighted by atomic mass is 9.99. The largest absolute Gasteiger partial charge is 0.309 e. The van der Waals surface area contributed by atoms with E-state index in [4.69, 9.17) is 0 Å². The number of fused-ring (bicyclic) bond motifs is 1. The molecule has 0 spiro atoms. The molecule has 2 aromatic carbocycles. The molecule has 0 radical (unpaired) electrons. The summed E-state index contributed by atoms with van der Waals surface area (Å²) in [5, 5.41) is 4.55. The lowest BCUT2D eigenvalue weighted by molar-refractivity contribution is 0.616. The van der Waals surface area contributed by atoms with E-state index in [1.807, 2.05) is 32.2 Å². The van der Waals surface area contributed by atoms with Gasteiger partial charge in [0.15, 0.2) is 0 Å². The molecule has 0 amide bonds. The SMILES string of the molecule is CNC(c1cc2ccccc2s1)c1cc(F)ccc1C. The van der Waals surface area contributed by atoms with E-state index in [0.29, 0.717) is 0 Å². The van der Waals surface area contributed by atoms with Gasteiger partial charge >= 0.3 is 0 Å². The molecule has 1 N–H and O–H groups in total. The van der Waals surface area contributed by atoms with E-state index in [-0.39, 0.29) is 11.9 Å². The summed E-state index contributed by atoms with van der Waals surface area (Å²) in [6, 6.07) is 15.5. The highest BCUT2D eigenvalue weighted by molar-refractivity contribution is 7.19. The average molecular weight is 285 g/mol. The van der Waals surface area contributed by atoms with Gasteiger partial charge in [-0.15, -0.1) is 11.3 Å². The Hall–Kier alpha value is -1.71. The minimum absolute atomic E-state index is 0.0306. The van der Waals surface area contributed by atoms with Crippen molar-refractivity contribution in [3.8, 4) is 0 Å². The van der Waals surface area contributed by atoms with Crippen LogP contribution in [0.1, 0.15) is 22.0 Å². The molecule has 1 atom stereocenters. The molecule has 0 bridgehead atoms. The monoisotopic (exact) mass is 285 g/mol. The van der Waals surface area contributed by atoms with Gasteiger partial charge in [0.25, 0.3) is 0 Å². The molecule has 1 unspecified atom stereocenters. The van der Waals surface area contributed by atoms with Gasteiger partial charge in [-0.3, -0.25) is 0 Å². The fourth-order valence-electron chi connectivity index (χ4n) is 2.52. The van der Waals surface area contributed by atoms with Crippen molar-refractivity contribution >= 4 is 21.4 Å². The molecule has 1 heterocycles. The molecular weight excluding hydrogens is 269 g/mol. The standard InChI is InChI=1S/C17H16FNS/c1-11-7-8-13(18)10-14(11)17(19-2)16-9-12-5-3-4-6-15(12)20-16/h3-10,17,19H,1-2H3. The summed E-state index contributed by atoms with van der Waals surface area (Å²) in [5.74, 6) is -0.188. The van der Waals surface area contributed by atoms with Crippen LogP contribution >= 0.6 is 11.3 Å². The van der Waals surface area contributed by atoms with E-state index in [1.165, 1.54) is 21.0 Å². The number of halogens is 1. The Morgan fingerprint density at radius 3 is 2.65 bits per heavy atom. The minimum Gasteiger partial charge on any atom is -0.309 e. The maximum Gasteiger partial charge on any atom is 0.123 e. The Labute approximate surface area is 122 Å². The second kappa shape index (κ2) is 5.35. The zero-order valence-electron chi connectivity index (χ0n) is 11.5. The van der Waals surface area contributed by atoms with Crippen LogP contribution in [0.5, 0.6) is 0 Å². The first kappa shape index (κ1) is 13.3.